The molecule has 5 rings (SSSR count). The van der Waals surface area contributed by atoms with Crippen LogP contribution in [0.1, 0.15) is 5.69 Å². The Bertz CT molecular complexity index is 1410. The van der Waals surface area contributed by atoms with E-state index in [0.29, 0.717) is 39.5 Å². The lowest BCUT2D eigenvalue weighted by Gasteiger charge is -2.08. The highest BCUT2D eigenvalue weighted by molar-refractivity contribution is 6.34. The fourth-order valence-corrected chi connectivity index (χ4v) is 3.48. The maximum Gasteiger partial charge on any atom is 0.205 e. The Kier molecular flexibility index (Phi) is 4.25. The summed E-state index contributed by atoms with van der Waals surface area (Å²) in [4.78, 5) is 6.08. The monoisotopic (exact) mass is 421 g/mol. The largest absolute Gasteiger partial charge is 0.493 e. The predicted octanol–water partition coefficient (Wildman–Crippen LogP) is 3.50. The first-order chi connectivity index (χ1) is 14.6. The Labute approximate surface area is 175 Å². The van der Waals surface area contributed by atoms with E-state index >= 15 is 0 Å². The van der Waals surface area contributed by atoms with Crippen LogP contribution in [-0.2, 0) is 0 Å². The van der Waals surface area contributed by atoms with E-state index in [1.54, 1.807) is 30.9 Å². The molecule has 3 heterocycles. The van der Waals surface area contributed by atoms with Gasteiger partial charge in [-0.3, -0.25) is 0 Å². The summed E-state index contributed by atoms with van der Waals surface area (Å²) in [6.45, 7) is 1.84. The molecule has 0 N–H and O–H groups in total. The van der Waals surface area contributed by atoms with Crippen molar-refractivity contribution in [1.29, 1.82) is 0 Å². The molecule has 0 saturated heterocycles. The number of benzene rings is 2. The quantitative estimate of drug-likeness (QED) is 0.438. The van der Waals surface area contributed by atoms with Crippen LogP contribution in [0.25, 0.3) is 33.8 Å². The van der Waals surface area contributed by atoms with E-state index in [1.165, 1.54) is 4.80 Å². The van der Waals surface area contributed by atoms with E-state index in [1.807, 2.05) is 37.3 Å². The molecule has 2 aromatic carbocycles. The van der Waals surface area contributed by atoms with Gasteiger partial charge in [0.2, 0.25) is 5.82 Å². The molecule has 0 atom stereocenters. The van der Waals surface area contributed by atoms with Gasteiger partial charge >= 0.3 is 0 Å². The number of aromatic nitrogens is 7. The van der Waals surface area contributed by atoms with E-state index < -0.39 is 0 Å². The summed E-state index contributed by atoms with van der Waals surface area (Å²) >= 11 is 6.43. The molecule has 3 aromatic heterocycles. The van der Waals surface area contributed by atoms with E-state index in [2.05, 4.69) is 25.5 Å². The first kappa shape index (κ1) is 18.3. The van der Waals surface area contributed by atoms with Crippen LogP contribution in [0.4, 0.5) is 0 Å². The third-order valence-electron chi connectivity index (χ3n) is 4.79. The van der Waals surface area contributed by atoms with Crippen molar-refractivity contribution in [3.05, 3.63) is 53.2 Å². The molecule has 0 aliphatic rings. The van der Waals surface area contributed by atoms with Gasteiger partial charge in [0.1, 0.15) is 5.02 Å². The Morgan fingerprint density at radius 2 is 1.77 bits per heavy atom. The zero-order valence-electron chi connectivity index (χ0n) is 16.4. The molecule has 0 unspecified atom stereocenters. The zero-order valence-corrected chi connectivity index (χ0v) is 17.1. The standard InChI is InChI=1S/C20H16ClN7O2/c1-11-17(21)20-22-19(13-6-4-5-7-14(13)27(20)24-11)28-25-18(23-26-28)12-8-9-15(29-2)16(10-12)30-3/h4-10H,1-3H3. The third-order valence-corrected chi connectivity index (χ3v) is 5.24. The van der Waals surface area contributed by atoms with E-state index in [4.69, 9.17) is 21.1 Å². The second-order valence-electron chi connectivity index (χ2n) is 6.56. The van der Waals surface area contributed by atoms with E-state index in [9.17, 15) is 0 Å². The van der Waals surface area contributed by atoms with Crippen LogP contribution in [0.15, 0.2) is 42.5 Å². The molecule has 0 saturated carbocycles. The summed E-state index contributed by atoms with van der Waals surface area (Å²) in [7, 11) is 3.16. The van der Waals surface area contributed by atoms with Crippen molar-refractivity contribution in [1.82, 2.24) is 34.8 Å². The molecule has 30 heavy (non-hydrogen) atoms. The van der Waals surface area contributed by atoms with Gasteiger partial charge in [0.15, 0.2) is 23.0 Å². The number of hydrogen-bond donors (Lipinski definition) is 0. The first-order valence-corrected chi connectivity index (χ1v) is 9.45. The van der Waals surface area contributed by atoms with Crippen molar-refractivity contribution in [2.75, 3.05) is 14.2 Å². The third kappa shape index (κ3) is 2.74. The number of methoxy groups -OCH3 is 2. The minimum atomic E-state index is 0.428. The molecule has 0 aliphatic heterocycles. The number of rotatable bonds is 4. The van der Waals surface area contributed by atoms with Crippen LogP contribution in [0.3, 0.4) is 0 Å². The van der Waals surface area contributed by atoms with Crippen LogP contribution < -0.4 is 9.47 Å². The number of para-hydroxylation sites is 1. The summed E-state index contributed by atoms with van der Waals surface area (Å²) in [6.07, 6.45) is 0. The molecular formula is C20H16ClN7O2. The lowest BCUT2D eigenvalue weighted by molar-refractivity contribution is 0.355. The van der Waals surface area contributed by atoms with Crippen LogP contribution >= 0.6 is 11.6 Å². The van der Waals surface area contributed by atoms with Gasteiger partial charge in [-0.2, -0.15) is 5.10 Å². The van der Waals surface area contributed by atoms with Crippen LogP contribution in [0, 0.1) is 6.92 Å². The molecule has 0 spiro atoms. The number of tetrazole rings is 1. The molecule has 0 aliphatic carbocycles. The zero-order chi connectivity index (χ0) is 20.8. The smallest absolute Gasteiger partial charge is 0.205 e. The van der Waals surface area contributed by atoms with Crippen LogP contribution in [0.5, 0.6) is 11.5 Å². The van der Waals surface area contributed by atoms with Crippen molar-refractivity contribution < 1.29 is 9.47 Å². The lowest BCUT2D eigenvalue weighted by atomic mass is 10.2. The fourth-order valence-electron chi connectivity index (χ4n) is 3.32. The van der Waals surface area contributed by atoms with Gasteiger partial charge in [0, 0.05) is 10.9 Å². The molecule has 0 bridgehead atoms. The van der Waals surface area contributed by atoms with Crippen LogP contribution in [0.2, 0.25) is 5.02 Å². The normalized spacial score (nSPS) is 11.3. The van der Waals surface area contributed by atoms with E-state index in [-0.39, 0.29) is 0 Å². The maximum atomic E-state index is 6.43. The summed E-state index contributed by atoms with van der Waals surface area (Å²) in [5, 5.41) is 18.8. The highest BCUT2D eigenvalue weighted by Crippen LogP contribution is 2.31. The topological polar surface area (TPSA) is 92.2 Å². The molecule has 5 aromatic rings. The highest BCUT2D eigenvalue weighted by Gasteiger charge is 2.18. The van der Waals surface area contributed by atoms with Gasteiger partial charge < -0.3 is 9.47 Å². The number of aryl methyl sites for hydroxylation is 1. The summed E-state index contributed by atoms with van der Waals surface area (Å²) in [5.41, 5.74) is 2.82. The lowest BCUT2D eigenvalue weighted by Crippen LogP contribution is -2.06. The Balaban J connectivity index is 1.69. The molecule has 10 heteroatoms. The second kappa shape index (κ2) is 6.96. The predicted molar refractivity (Wildman–Crippen MR) is 111 cm³/mol. The SMILES string of the molecule is COc1ccc(-c2nnn(-c3nc4c(Cl)c(C)nn4c4ccccc34)n2)cc1OC. The van der Waals surface area contributed by atoms with Crippen molar-refractivity contribution in [3.8, 4) is 28.7 Å². The molecule has 0 fully saturated rings. The van der Waals surface area contributed by atoms with Crippen molar-refractivity contribution in [2.45, 2.75) is 6.92 Å². The van der Waals surface area contributed by atoms with Crippen molar-refractivity contribution >= 4 is 28.2 Å². The van der Waals surface area contributed by atoms with E-state index in [0.717, 1.165) is 16.5 Å². The molecule has 9 nitrogen and oxygen atoms in total. The van der Waals surface area contributed by atoms with Gasteiger partial charge in [-0.1, -0.05) is 23.7 Å². The fraction of sp³-hybridized carbons (Fsp3) is 0.150. The first-order valence-electron chi connectivity index (χ1n) is 9.07. The summed E-state index contributed by atoms with van der Waals surface area (Å²) in [6, 6.07) is 13.2. The Hall–Kier alpha value is -3.72. The number of nitrogens with zero attached hydrogens (tertiary/aromatic N) is 7. The number of fused-ring (bicyclic) bond motifs is 3. The van der Waals surface area contributed by atoms with Crippen LogP contribution in [-0.4, -0.2) is 49.0 Å². The van der Waals surface area contributed by atoms with Crippen molar-refractivity contribution in [2.24, 2.45) is 0 Å². The second-order valence-corrected chi connectivity index (χ2v) is 6.94. The summed E-state index contributed by atoms with van der Waals surface area (Å²) < 4.78 is 12.4. The molecule has 0 amide bonds. The Morgan fingerprint density at radius 1 is 0.967 bits per heavy atom. The molecule has 150 valence electrons. The van der Waals surface area contributed by atoms with Gasteiger partial charge in [-0.15, -0.1) is 15.0 Å². The number of halogens is 1. The van der Waals surface area contributed by atoms with Gasteiger partial charge in [-0.25, -0.2) is 9.50 Å². The average Bonchev–Trinajstić information content (AvgIpc) is 3.38. The van der Waals surface area contributed by atoms with Gasteiger partial charge in [0.25, 0.3) is 0 Å². The minimum absolute atomic E-state index is 0.428. The highest BCUT2D eigenvalue weighted by atomic mass is 35.5. The summed E-state index contributed by atoms with van der Waals surface area (Å²) in [5.74, 6) is 2.15. The van der Waals surface area contributed by atoms with Crippen molar-refractivity contribution in [3.63, 3.8) is 0 Å². The van der Waals surface area contributed by atoms with Gasteiger partial charge in [0.05, 0.1) is 25.4 Å². The Morgan fingerprint density at radius 3 is 2.57 bits per heavy atom. The molecular weight excluding hydrogens is 406 g/mol. The maximum absolute atomic E-state index is 6.43. The van der Waals surface area contributed by atoms with Gasteiger partial charge in [-0.05, 0) is 42.5 Å². The minimum Gasteiger partial charge on any atom is -0.493 e. The molecule has 0 radical (unpaired) electrons. The number of ether oxygens (including phenoxy) is 2. The number of hydrogen-bond acceptors (Lipinski definition) is 7. The average molecular weight is 422 g/mol.